The maximum atomic E-state index is 9.81. The van der Waals surface area contributed by atoms with Crippen LogP contribution in [0.15, 0.2) is 18.2 Å². The van der Waals surface area contributed by atoms with Gasteiger partial charge in [-0.25, -0.2) is 0 Å². The van der Waals surface area contributed by atoms with Gasteiger partial charge in [-0.05, 0) is 30.7 Å². The van der Waals surface area contributed by atoms with E-state index in [4.69, 9.17) is 26.2 Å². The minimum atomic E-state index is -0.670. The number of hydrogen-bond acceptors (Lipinski definition) is 5. The molecule has 0 fully saturated rings. The average Bonchev–Trinajstić information content (AvgIpc) is 2.44. The van der Waals surface area contributed by atoms with Gasteiger partial charge in [-0.15, -0.1) is 0 Å². The molecule has 0 aliphatic rings. The molecule has 0 saturated heterocycles. The minimum absolute atomic E-state index is 0.0439. The fourth-order valence-corrected chi connectivity index (χ4v) is 1.76. The van der Waals surface area contributed by atoms with Crippen LogP contribution in [-0.4, -0.2) is 55.8 Å². The van der Waals surface area contributed by atoms with E-state index in [-0.39, 0.29) is 19.3 Å². The minimum Gasteiger partial charge on any atom is -0.491 e. The summed E-state index contributed by atoms with van der Waals surface area (Å²) in [6.45, 7) is 2.72. The van der Waals surface area contributed by atoms with E-state index in [2.05, 4.69) is 5.32 Å². The van der Waals surface area contributed by atoms with Gasteiger partial charge < -0.3 is 25.0 Å². The van der Waals surface area contributed by atoms with E-state index >= 15 is 0 Å². The summed E-state index contributed by atoms with van der Waals surface area (Å²) in [5.41, 5.74) is 0.928. The number of nitrogens with one attached hydrogen (secondary N) is 1. The van der Waals surface area contributed by atoms with Crippen molar-refractivity contribution in [2.24, 2.45) is 0 Å². The fourth-order valence-electron chi connectivity index (χ4n) is 1.64. The number of aryl methyl sites for hydroxylation is 1. The largest absolute Gasteiger partial charge is 0.491 e. The van der Waals surface area contributed by atoms with Gasteiger partial charge in [0.05, 0.1) is 19.3 Å². The van der Waals surface area contributed by atoms with Crippen LogP contribution in [0.1, 0.15) is 5.56 Å². The summed E-state index contributed by atoms with van der Waals surface area (Å²) in [6.07, 6.45) is -0.670. The number of rotatable bonds is 9. The summed E-state index contributed by atoms with van der Waals surface area (Å²) in [5, 5.41) is 22.6. The molecule has 6 heteroatoms. The molecule has 1 aromatic rings. The van der Waals surface area contributed by atoms with Gasteiger partial charge in [0.15, 0.2) is 0 Å². The van der Waals surface area contributed by atoms with Crippen molar-refractivity contribution in [3.05, 3.63) is 28.8 Å². The summed E-state index contributed by atoms with van der Waals surface area (Å²) in [4.78, 5) is 0. The van der Waals surface area contributed by atoms with Crippen LogP contribution < -0.4 is 10.1 Å². The lowest BCUT2D eigenvalue weighted by atomic mass is 10.2. The summed E-state index contributed by atoms with van der Waals surface area (Å²) in [6, 6.07) is 5.16. The Morgan fingerprint density at radius 3 is 2.70 bits per heavy atom. The lowest BCUT2D eigenvalue weighted by Crippen LogP contribution is -2.42. The van der Waals surface area contributed by atoms with Gasteiger partial charge in [-0.3, -0.25) is 0 Å². The Labute approximate surface area is 124 Å². The molecule has 0 saturated carbocycles. The molecule has 3 N–H and O–H groups in total. The van der Waals surface area contributed by atoms with Crippen molar-refractivity contribution in [3.63, 3.8) is 0 Å². The lowest BCUT2D eigenvalue weighted by Gasteiger charge is -2.18. The first-order valence-corrected chi connectivity index (χ1v) is 6.84. The molecule has 0 heterocycles. The first kappa shape index (κ1) is 17.2. The van der Waals surface area contributed by atoms with Gasteiger partial charge in [0.1, 0.15) is 18.5 Å². The van der Waals surface area contributed by atoms with E-state index in [9.17, 15) is 5.11 Å². The van der Waals surface area contributed by atoms with E-state index in [0.717, 1.165) is 5.56 Å². The lowest BCUT2D eigenvalue weighted by molar-refractivity contribution is 0.0854. The Morgan fingerprint density at radius 2 is 2.10 bits per heavy atom. The molecule has 0 bridgehead atoms. The maximum Gasteiger partial charge on any atom is 0.119 e. The van der Waals surface area contributed by atoms with Gasteiger partial charge >= 0.3 is 0 Å². The zero-order chi connectivity index (χ0) is 15.0. The van der Waals surface area contributed by atoms with Gasteiger partial charge in [-0.1, -0.05) is 11.6 Å². The summed E-state index contributed by atoms with van der Waals surface area (Å²) in [7, 11) is 1.56. The summed E-state index contributed by atoms with van der Waals surface area (Å²) in [5.74, 6) is 0.668. The fraction of sp³-hybridized carbons (Fsp3) is 0.571. The van der Waals surface area contributed by atoms with Gasteiger partial charge in [0, 0.05) is 18.7 Å². The molecule has 0 aliphatic carbocycles. The van der Waals surface area contributed by atoms with Crippen molar-refractivity contribution >= 4 is 11.6 Å². The number of aliphatic hydroxyl groups excluding tert-OH is 2. The highest BCUT2D eigenvalue weighted by atomic mass is 35.5. The molecular formula is C14H22ClNO4. The Morgan fingerprint density at radius 1 is 1.35 bits per heavy atom. The molecule has 5 nitrogen and oxygen atoms in total. The van der Waals surface area contributed by atoms with Gasteiger partial charge in [0.25, 0.3) is 0 Å². The first-order chi connectivity index (χ1) is 9.56. The highest BCUT2D eigenvalue weighted by Gasteiger charge is 2.10. The summed E-state index contributed by atoms with van der Waals surface area (Å²) >= 11 is 5.92. The predicted molar refractivity (Wildman–Crippen MR) is 78.4 cm³/mol. The van der Waals surface area contributed by atoms with Crippen molar-refractivity contribution in [1.82, 2.24) is 5.32 Å². The number of ether oxygens (including phenoxy) is 2. The van der Waals surface area contributed by atoms with E-state index in [0.29, 0.717) is 23.9 Å². The quantitative estimate of drug-likeness (QED) is 0.634. The number of aliphatic hydroxyl groups is 2. The van der Waals surface area contributed by atoms with Crippen LogP contribution in [0.25, 0.3) is 0 Å². The van der Waals surface area contributed by atoms with E-state index in [1.165, 1.54) is 0 Å². The second-order valence-electron chi connectivity index (χ2n) is 4.62. The Kier molecular flexibility index (Phi) is 7.87. The zero-order valence-corrected chi connectivity index (χ0v) is 12.6. The Hall–Kier alpha value is -0.850. The van der Waals surface area contributed by atoms with Gasteiger partial charge in [0.2, 0.25) is 0 Å². The number of halogens is 1. The smallest absolute Gasteiger partial charge is 0.119 e. The van der Waals surface area contributed by atoms with Crippen LogP contribution in [0.3, 0.4) is 0 Å². The van der Waals surface area contributed by atoms with Crippen molar-refractivity contribution in [3.8, 4) is 5.75 Å². The SMILES string of the molecule is COCC(CO)NCC(O)COc1ccc(Cl)c(C)c1. The second kappa shape index (κ2) is 9.15. The topological polar surface area (TPSA) is 71.0 Å². The van der Waals surface area contributed by atoms with Crippen molar-refractivity contribution in [2.75, 3.05) is 33.5 Å². The highest BCUT2D eigenvalue weighted by molar-refractivity contribution is 6.31. The third-order valence-corrected chi connectivity index (χ3v) is 3.23. The third-order valence-electron chi connectivity index (χ3n) is 2.80. The number of methoxy groups -OCH3 is 1. The Bertz CT molecular complexity index is 403. The number of hydrogen-bond donors (Lipinski definition) is 3. The summed E-state index contributed by atoms with van der Waals surface area (Å²) < 4.78 is 10.4. The second-order valence-corrected chi connectivity index (χ2v) is 5.03. The van der Waals surface area contributed by atoms with Crippen molar-refractivity contribution in [2.45, 2.75) is 19.1 Å². The van der Waals surface area contributed by atoms with E-state index in [1.54, 1.807) is 19.2 Å². The maximum absolute atomic E-state index is 9.81. The molecule has 2 unspecified atom stereocenters. The number of benzene rings is 1. The van der Waals surface area contributed by atoms with Crippen LogP contribution in [0.4, 0.5) is 0 Å². The van der Waals surface area contributed by atoms with Crippen LogP contribution in [0, 0.1) is 6.92 Å². The van der Waals surface area contributed by atoms with Gasteiger partial charge in [-0.2, -0.15) is 0 Å². The monoisotopic (exact) mass is 303 g/mol. The first-order valence-electron chi connectivity index (χ1n) is 6.47. The van der Waals surface area contributed by atoms with Crippen LogP contribution in [-0.2, 0) is 4.74 Å². The van der Waals surface area contributed by atoms with Crippen LogP contribution in [0.2, 0.25) is 5.02 Å². The van der Waals surface area contributed by atoms with Crippen molar-refractivity contribution in [1.29, 1.82) is 0 Å². The van der Waals surface area contributed by atoms with E-state index < -0.39 is 6.10 Å². The molecule has 0 aromatic heterocycles. The average molecular weight is 304 g/mol. The molecular weight excluding hydrogens is 282 g/mol. The highest BCUT2D eigenvalue weighted by Crippen LogP contribution is 2.20. The zero-order valence-electron chi connectivity index (χ0n) is 11.8. The molecule has 2 atom stereocenters. The molecule has 114 valence electrons. The molecule has 0 radical (unpaired) electrons. The Balaban J connectivity index is 2.31. The molecule has 0 aliphatic heterocycles. The van der Waals surface area contributed by atoms with Crippen molar-refractivity contribution < 1.29 is 19.7 Å². The standard InChI is InChI=1S/C14H22ClNO4/c1-10-5-13(3-4-14(10)15)20-9-12(18)6-16-11(7-17)8-19-2/h3-5,11-12,16-18H,6-9H2,1-2H3. The van der Waals surface area contributed by atoms with Crippen LogP contribution in [0.5, 0.6) is 5.75 Å². The molecule has 0 amide bonds. The predicted octanol–water partition coefficient (Wildman–Crippen LogP) is 0.985. The van der Waals surface area contributed by atoms with E-state index in [1.807, 2.05) is 13.0 Å². The molecule has 20 heavy (non-hydrogen) atoms. The molecule has 1 aromatic carbocycles. The molecule has 0 spiro atoms. The third kappa shape index (κ3) is 6.07. The molecule has 1 rings (SSSR count). The normalized spacial score (nSPS) is 14.1. The van der Waals surface area contributed by atoms with Crippen LogP contribution >= 0.6 is 11.6 Å².